The molecule has 0 bridgehead atoms. The van der Waals surface area contributed by atoms with Crippen LogP contribution in [-0.4, -0.2) is 19.8 Å². The number of hydrogen-bond donors (Lipinski definition) is 1. The van der Waals surface area contributed by atoms with Crippen molar-refractivity contribution < 1.29 is 0 Å². The van der Waals surface area contributed by atoms with E-state index in [1.807, 2.05) is 4.52 Å². The first kappa shape index (κ1) is 13.9. The summed E-state index contributed by atoms with van der Waals surface area (Å²) in [6.45, 7) is 4.34. The lowest BCUT2D eigenvalue weighted by Gasteiger charge is -2.19. The molecule has 20 heavy (non-hydrogen) atoms. The minimum Gasteiger partial charge on any atom is -0.322 e. The third-order valence-corrected chi connectivity index (χ3v) is 5.54. The molecule has 110 valence electrons. The second-order valence-corrected chi connectivity index (χ2v) is 6.93. The van der Waals surface area contributed by atoms with Crippen molar-refractivity contribution in [3.8, 4) is 0 Å². The van der Waals surface area contributed by atoms with Crippen LogP contribution in [0.2, 0.25) is 0 Å². The highest BCUT2D eigenvalue weighted by molar-refractivity contribution is 7.16. The van der Waals surface area contributed by atoms with Crippen molar-refractivity contribution >= 4 is 16.3 Å². The summed E-state index contributed by atoms with van der Waals surface area (Å²) in [4.78, 5) is 0.888. The molecule has 0 saturated heterocycles. The van der Waals surface area contributed by atoms with Crippen molar-refractivity contribution in [1.29, 1.82) is 0 Å². The van der Waals surface area contributed by atoms with Crippen molar-refractivity contribution in [2.24, 2.45) is 11.7 Å². The zero-order valence-electron chi connectivity index (χ0n) is 12.2. The largest absolute Gasteiger partial charge is 0.322 e. The van der Waals surface area contributed by atoms with Crippen molar-refractivity contribution in [2.75, 3.05) is 0 Å². The fourth-order valence-electron chi connectivity index (χ4n) is 2.89. The van der Waals surface area contributed by atoms with Gasteiger partial charge >= 0.3 is 0 Å². The molecule has 0 aromatic carbocycles. The van der Waals surface area contributed by atoms with Gasteiger partial charge in [0.15, 0.2) is 5.82 Å². The minimum absolute atomic E-state index is 0.00547. The molecular weight excluding hydrogens is 270 g/mol. The zero-order valence-corrected chi connectivity index (χ0v) is 13.1. The molecule has 2 unspecified atom stereocenters. The maximum absolute atomic E-state index is 6.29. The average Bonchev–Trinajstić information content (AvgIpc) is 3.06. The van der Waals surface area contributed by atoms with Crippen LogP contribution in [-0.2, 0) is 0 Å². The second kappa shape index (κ2) is 5.77. The van der Waals surface area contributed by atoms with Gasteiger partial charge in [-0.1, -0.05) is 50.9 Å². The quantitative estimate of drug-likeness (QED) is 0.939. The van der Waals surface area contributed by atoms with Gasteiger partial charge in [-0.05, 0) is 18.8 Å². The van der Waals surface area contributed by atoms with Crippen LogP contribution in [0, 0.1) is 5.92 Å². The number of fused-ring (bicyclic) bond motifs is 1. The van der Waals surface area contributed by atoms with E-state index in [1.54, 1.807) is 11.3 Å². The Morgan fingerprint density at radius 2 is 2.05 bits per heavy atom. The van der Waals surface area contributed by atoms with Crippen LogP contribution < -0.4 is 5.73 Å². The molecule has 5 nitrogen and oxygen atoms in total. The first-order chi connectivity index (χ1) is 9.70. The van der Waals surface area contributed by atoms with E-state index in [4.69, 9.17) is 10.8 Å². The van der Waals surface area contributed by atoms with Crippen molar-refractivity contribution in [2.45, 2.75) is 64.3 Å². The van der Waals surface area contributed by atoms with Gasteiger partial charge in [0.1, 0.15) is 5.01 Å². The SMILES string of the molecule is CCC(C)C(N)c1nn2c(C3CCCCC3)nnc2s1. The summed E-state index contributed by atoms with van der Waals surface area (Å²) in [5, 5.41) is 14.3. The van der Waals surface area contributed by atoms with Crippen LogP contribution in [0.1, 0.15) is 75.2 Å². The van der Waals surface area contributed by atoms with Gasteiger partial charge in [0.05, 0.1) is 6.04 Å². The number of hydrogen-bond acceptors (Lipinski definition) is 5. The summed E-state index contributed by atoms with van der Waals surface area (Å²) < 4.78 is 1.94. The topological polar surface area (TPSA) is 69.1 Å². The predicted octanol–water partition coefficient (Wildman–Crippen LogP) is 3.28. The first-order valence-corrected chi connectivity index (χ1v) is 8.50. The highest BCUT2D eigenvalue weighted by atomic mass is 32.1. The predicted molar refractivity (Wildman–Crippen MR) is 80.9 cm³/mol. The van der Waals surface area contributed by atoms with E-state index in [2.05, 4.69) is 24.0 Å². The molecule has 2 atom stereocenters. The van der Waals surface area contributed by atoms with Crippen molar-refractivity contribution in [3.05, 3.63) is 10.8 Å². The Morgan fingerprint density at radius 3 is 2.75 bits per heavy atom. The number of nitrogens with two attached hydrogens (primary N) is 1. The van der Waals surface area contributed by atoms with Crippen LogP contribution in [0.3, 0.4) is 0 Å². The molecule has 0 radical (unpaired) electrons. The molecule has 3 rings (SSSR count). The van der Waals surface area contributed by atoms with Gasteiger partial charge < -0.3 is 5.73 Å². The van der Waals surface area contributed by atoms with Gasteiger partial charge in [0.2, 0.25) is 4.96 Å². The lowest BCUT2D eigenvalue weighted by molar-refractivity contribution is 0.420. The second-order valence-electron chi connectivity index (χ2n) is 5.94. The van der Waals surface area contributed by atoms with Gasteiger partial charge in [-0.2, -0.15) is 9.61 Å². The van der Waals surface area contributed by atoms with E-state index >= 15 is 0 Å². The van der Waals surface area contributed by atoms with Crippen molar-refractivity contribution in [1.82, 2.24) is 19.8 Å². The van der Waals surface area contributed by atoms with Crippen LogP contribution in [0.4, 0.5) is 0 Å². The molecule has 0 amide bonds. The Hall–Kier alpha value is -1.01. The lowest BCUT2D eigenvalue weighted by Crippen LogP contribution is -2.19. The Bertz CT molecular complexity index is 569. The van der Waals surface area contributed by atoms with Crippen molar-refractivity contribution in [3.63, 3.8) is 0 Å². The maximum atomic E-state index is 6.29. The molecule has 2 aromatic heterocycles. The van der Waals surface area contributed by atoms with E-state index in [9.17, 15) is 0 Å². The normalized spacial score (nSPS) is 20.4. The fraction of sp³-hybridized carbons (Fsp3) is 0.786. The maximum Gasteiger partial charge on any atom is 0.234 e. The molecule has 1 aliphatic rings. The van der Waals surface area contributed by atoms with Crippen LogP contribution in [0.15, 0.2) is 0 Å². The molecule has 1 fully saturated rings. The molecular formula is C14H23N5S. The van der Waals surface area contributed by atoms with E-state index in [0.717, 1.165) is 22.2 Å². The highest BCUT2D eigenvalue weighted by Gasteiger charge is 2.25. The molecule has 6 heteroatoms. The first-order valence-electron chi connectivity index (χ1n) is 7.68. The summed E-state index contributed by atoms with van der Waals surface area (Å²) in [5.41, 5.74) is 6.29. The summed E-state index contributed by atoms with van der Waals surface area (Å²) in [5.74, 6) is 2.00. The van der Waals surface area contributed by atoms with E-state index < -0.39 is 0 Å². The standard InChI is InChI=1S/C14H23N5S/c1-3-9(2)11(15)13-18-19-12(16-17-14(19)20-13)10-7-5-4-6-8-10/h9-11H,3-8,15H2,1-2H3. The van der Waals surface area contributed by atoms with Crippen LogP contribution in [0.5, 0.6) is 0 Å². The number of nitrogens with zero attached hydrogens (tertiary/aromatic N) is 4. The van der Waals surface area contributed by atoms with E-state index in [-0.39, 0.29) is 6.04 Å². The third-order valence-electron chi connectivity index (χ3n) is 4.54. The number of rotatable bonds is 4. The Kier molecular flexibility index (Phi) is 4.03. The Labute approximate surface area is 123 Å². The number of aromatic nitrogens is 4. The lowest BCUT2D eigenvalue weighted by atomic mass is 9.89. The smallest absolute Gasteiger partial charge is 0.234 e. The molecule has 2 aromatic rings. The average molecular weight is 293 g/mol. The van der Waals surface area contributed by atoms with Gasteiger partial charge in [-0.3, -0.25) is 0 Å². The van der Waals surface area contributed by atoms with Gasteiger partial charge in [0, 0.05) is 5.92 Å². The minimum atomic E-state index is 0.00547. The molecule has 2 heterocycles. The zero-order chi connectivity index (χ0) is 14.1. The monoisotopic (exact) mass is 293 g/mol. The summed E-state index contributed by atoms with van der Waals surface area (Å²) in [7, 11) is 0. The van der Waals surface area contributed by atoms with Gasteiger partial charge in [0.25, 0.3) is 0 Å². The van der Waals surface area contributed by atoms with Gasteiger partial charge in [-0.25, -0.2) is 0 Å². The van der Waals surface area contributed by atoms with Crippen LogP contribution in [0.25, 0.3) is 4.96 Å². The summed E-state index contributed by atoms with van der Waals surface area (Å²) in [6.07, 6.45) is 7.43. The third kappa shape index (κ3) is 2.46. The highest BCUT2D eigenvalue weighted by Crippen LogP contribution is 2.33. The van der Waals surface area contributed by atoms with E-state index in [0.29, 0.717) is 11.8 Å². The fourth-order valence-corrected chi connectivity index (χ4v) is 3.87. The molecule has 2 N–H and O–H groups in total. The van der Waals surface area contributed by atoms with Crippen LogP contribution >= 0.6 is 11.3 Å². The molecule has 1 aliphatic carbocycles. The Morgan fingerprint density at radius 1 is 1.30 bits per heavy atom. The Balaban J connectivity index is 1.90. The molecule has 1 saturated carbocycles. The van der Waals surface area contributed by atoms with E-state index in [1.165, 1.54) is 32.1 Å². The summed E-state index contributed by atoms with van der Waals surface area (Å²) in [6, 6.07) is 0.00547. The van der Waals surface area contributed by atoms with Gasteiger partial charge in [-0.15, -0.1) is 10.2 Å². The molecule has 0 aliphatic heterocycles. The molecule has 0 spiro atoms. The summed E-state index contributed by atoms with van der Waals surface area (Å²) >= 11 is 1.59.